The Morgan fingerprint density at radius 3 is 2.53 bits per heavy atom. The highest BCUT2D eigenvalue weighted by Crippen LogP contribution is 2.70. The van der Waals surface area contributed by atoms with E-state index in [4.69, 9.17) is 4.74 Å². The van der Waals surface area contributed by atoms with Crippen LogP contribution in [0.1, 0.15) is 76.7 Å². The Morgan fingerprint density at radius 2 is 1.88 bits per heavy atom. The molecule has 3 fully saturated rings. The van der Waals surface area contributed by atoms with Crippen LogP contribution in [0.15, 0.2) is 52.2 Å². The van der Waals surface area contributed by atoms with Gasteiger partial charge in [-0.3, -0.25) is 4.79 Å². The molecule has 7 atom stereocenters. The molecular weight excluding hydrogens is 553 g/mol. The molecular formula is C35H41F3N2O3. The normalized spacial score (nSPS) is 35.3. The van der Waals surface area contributed by atoms with Crippen molar-refractivity contribution in [3.05, 3.63) is 57.5 Å². The van der Waals surface area contributed by atoms with E-state index in [9.17, 15) is 22.9 Å². The van der Waals surface area contributed by atoms with Gasteiger partial charge in [-0.1, -0.05) is 48.7 Å². The molecule has 0 aromatic heterocycles. The minimum Gasteiger partial charge on any atom is -0.377 e. The summed E-state index contributed by atoms with van der Waals surface area (Å²) in [6, 6.07) is 8.38. The van der Waals surface area contributed by atoms with Gasteiger partial charge >= 0.3 is 6.18 Å². The van der Waals surface area contributed by atoms with Crippen molar-refractivity contribution in [2.24, 2.45) is 33.8 Å². The third kappa shape index (κ3) is 5.06. The second kappa shape index (κ2) is 11.2. The third-order valence-electron chi connectivity index (χ3n) is 11.5. The summed E-state index contributed by atoms with van der Waals surface area (Å²) < 4.78 is 46.0. The van der Waals surface area contributed by atoms with Gasteiger partial charge in [0.1, 0.15) is 12.6 Å². The number of rotatable bonds is 6. The van der Waals surface area contributed by atoms with Crippen molar-refractivity contribution in [1.29, 1.82) is 0 Å². The van der Waals surface area contributed by atoms with Crippen molar-refractivity contribution in [3.63, 3.8) is 0 Å². The van der Waals surface area contributed by atoms with E-state index in [2.05, 4.69) is 53.3 Å². The molecule has 1 saturated heterocycles. The van der Waals surface area contributed by atoms with E-state index >= 15 is 0 Å². The number of hydrogen-bond acceptors (Lipinski definition) is 5. The molecule has 1 aliphatic heterocycles. The van der Waals surface area contributed by atoms with Crippen molar-refractivity contribution >= 4 is 11.5 Å². The number of nitrogens with zero attached hydrogens (tertiary/aromatic N) is 2. The number of ether oxygens (including phenoxy) is 1. The molecule has 0 spiro atoms. The van der Waals surface area contributed by atoms with E-state index in [0.717, 1.165) is 31.5 Å². The number of ketones is 1. The fourth-order valence-electron chi connectivity index (χ4n) is 9.54. The van der Waals surface area contributed by atoms with Gasteiger partial charge in [0.05, 0.1) is 5.41 Å². The number of nitroso groups, excluding NO2 is 1. The van der Waals surface area contributed by atoms with Crippen LogP contribution in [0, 0.1) is 45.3 Å². The highest BCUT2D eigenvalue weighted by molar-refractivity contribution is 5.90. The van der Waals surface area contributed by atoms with E-state index < -0.39 is 17.0 Å². The number of carbonyl (C=O) groups is 1. The van der Waals surface area contributed by atoms with Crippen LogP contribution in [0.3, 0.4) is 0 Å². The van der Waals surface area contributed by atoms with Crippen LogP contribution in [0.2, 0.25) is 0 Å². The number of fused-ring (bicyclic) bond motifs is 4. The zero-order chi connectivity index (χ0) is 30.6. The highest BCUT2D eigenvalue weighted by Gasteiger charge is 2.66. The molecule has 0 bridgehead atoms. The maximum absolute atomic E-state index is 13.8. The van der Waals surface area contributed by atoms with Gasteiger partial charge in [-0.2, -0.15) is 18.1 Å². The second-order valence-corrected chi connectivity index (χ2v) is 13.6. The number of methoxy groups -OCH3 is 1. The first kappa shape index (κ1) is 30.1. The molecule has 0 N–H and O–H groups in total. The molecule has 1 aromatic carbocycles. The van der Waals surface area contributed by atoms with Crippen LogP contribution in [0.4, 0.5) is 18.9 Å². The number of halogens is 3. The molecule has 8 heteroatoms. The summed E-state index contributed by atoms with van der Waals surface area (Å²) in [6.45, 7) is 6.04. The summed E-state index contributed by atoms with van der Waals surface area (Å²) in [5.41, 5.74) is 3.99. The van der Waals surface area contributed by atoms with Gasteiger partial charge in [-0.15, -0.1) is 0 Å². The molecule has 2 saturated carbocycles. The molecule has 4 aliphatic carbocycles. The van der Waals surface area contributed by atoms with Gasteiger partial charge < -0.3 is 9.64 Å². The molecule has 6 rings (SSSR count). The Hall–Kier alpha value is -2.92. The first-order valence-electron chi connectivity index (χ1n) is 15.8. The van der Waals surface area contributed by atoms with Gasteiger partial charge in [0.15, 0.2) is 5.78 Å². The lowest BCUT2D eigenvalue weighted by Gasteiger charge is -2.55. The van der Waals surface area contributed by atoms with Gasteiger partial charge in [-0.05, 0) is 103 Å². The second-order valence-electron chi connectivity index (χ2n) is 13.6. The minimum atomic E-state index is -4.69. The number of benzene rings is 1. The predicted molar refractivity (Wildman–Crippen MR) is 160 cm³/mol. The topological polar surface area (TPSA) is 59.0 Å². The smallest absolute Gasteiger partial charge is 0.377 e. The van der Waals surface area contributed by atoms with Crippen molar-refractivity contribution < 1.29 is 22.7 Å². The summed E-state index contributed by atoms with van der Waals surface area (Å²) in [5, 5.41) is 3.35. The van der Waals surface area contributed by atoms with Gasteiger partial charge in [-0.25, -0.2) is 0 Å². The maximum atomic E-state index is 13.8. The Bertz CT molecular complexity index is 1400. The zero-order valence-electron chi connectivity index (χ0n) is 25.3. The molecule has 0 radical (unpaired) electrons. The molecule has 0 amide bonds. The zero-order valence-corrected chi connectivity index (χ0v) is 25.3. The lowest BCUT2D eigenvalue weighted by molar-refractivity contribution is -0.136. The van der Waals surface area contributed by atoms with Crippen LogP contribution in [-0.4, -0.2) is 44.8 Å². The van der Waals surface area contributed by atoms with Crippen LogP contribution in [0.5, 0.6) is 0 Å². The molecule has 43 heavy (non-hydrogen) atoms. The number of Topliss-reactive ketones (excluding diaryl/α,β-unsaturated/α-hetero) is 1. The van der Waals surface area contributed by atoms with Gasteiger partial charge in [0.2, 0.25) is 0 Å². The molecule has 5 aliphatic rings. The average Bonchev–Trinajstić information content (AvgIpc) is 3.62. The predicted octanol–water partition coefficient (Wildman–Crippen LogP) is 7.77. The van der Waals surface area contributed by atoms with Gasteiger partial charge in [0.25, 0.3) is 0 Å². The van der Waals surface area contributed by atoms with Crippen LogP contribution >= 0.6 is 0 Å². The largest absolute Gasteiger partial charge is 0.457 e. The van der Waals surface area contributed by atoms with E-state index in [1.807, 2.05) is 6.92 Å². The van der Waals surface area contributed by atoms with Crippen LogP contribution in [-0.2, 0) is 9.53 Å². The van der Waals surface area contributed by atoms with Crippen molar-refractivity contribution in [1.82, 2.24) is 0 Å². The van der Waals surface area contributed by atoms with Crippen molar-refractivity contribution in [3.8, 4) is 11.8 Å². The number of alkyl halides is 3. The summed E-state index contributed by atoms with van der Waals surface area (Å²) >= 11 is 0. The standard InChI is InChI=1S/C35H41F3N2O3/c1-22-18-28-30-12-13-34(31(41)21-43-3,14-15-35(36,37)38)33(30,2)20-29(32(28)26-11-8-24(39-42)19-27(22)26)23-6-9-25(10-7-23)40-16-4-5-17-40/h6-7,9-10,19,22,24,28-30H,4-5,8,11-13,16-18,20-21H2,1-3H3/t22?,24?,28-,29?,30-,33-,34-/m0/s1. The molecule has 230 valence electrons. The number of anilines is 1. The summed E-state index contributed by atoms with van der Waals surface area (Å²) in [7, 11) is 1.41. The van der Waals surface area contributed by atoms with E-state index in [-0.39, 0.29) is 42.1 Å². The number of carbonyl (C=O) groups excluding carboxylic acids is 1. The monoisotopic (exact) mass is 594 g/mol. The molecule has 3 unspecified atom stereocenters. The number of hydrogen-bond donors (Lipinski definition) is 0. The average molecular weight is 595 g/mol. The SMILES string of the molecule is COCC(=O)[C@@]1(C#CC(F)(F)F)CC[C@H]2[C@@H]3CC(C)C4=CC(N=O)CCC4=C3C(c3ccc(N4CCCC4)cc3)C[C@@]21C. The van der Waals surface area contributed by atoms with E-state index in [1.54, 1.807) is 0 Å². The van der Waals surface area contributed by atoms with Crippen LogP contribution in [0.25, 0.3) is 0 Å². The van der Waals surface area contributed by atoms with E-state index in [1.165, 1.54) is 48.3 Å². The molecule has 1 heterocycles. The third-order valence-corrected chi connectivity index (χ3v) is 11.5. The van der Waals surface area contributed by atoms with Crippen molar-refractivity contribution in [2.75, 3.05) is 31.7 Å². The lowest BCUT2D eigenvalue weighted by Crippen LogP contribution is -2.52. The first-order chi connectivity index (χ1) is 20.5. The maximum Gasteiger partial charge on any atom is 0.457 e. The fourth-order valence-corrected chi connectivity index (χ4v) is 9.54. The highest BCUT2D eigenvalue weighted by atomic mass is 19.4. The van der Waals surface area contributed by atoms with Crippen LogP contribution < -0.4 is 4.90 Å². The van der Waals surface area contributed by atoms with Crippen molar-refractivity contribution in [2.45, 2.75) is 83.4 Å². The molecule has 1 aromatic rings. The quantitative estimate of drug-likeness (QED) is 0.250. The summed E-state index contributed by atoms with van der Waals surface area (Å²) in [4.78, 5) is 27.7. The fraction of sp³-hybridized carbons (Fsp3) is 0.629. The summed E-state index contributed by atoms with van der Waals surface area (Å²) in [6.07, 6.45) is 3.48. The Morgan fingerprint density at radius 1 is 1.16 bits per heavy atom. The van der Waals surface area contributed by atoms with Gasteiger partial charge in [0, 0.05) is 37.7 Å². The molecule has 5 nitrogen and oxygen atoms in total. The Labute approximate surface area is 252 Å². The Kier molecular flexibility index (Phi) is 7.86. The first-order valence-corrected chi connectivity index (χ1v) is 15.8. The lowest BCUT2D eigenvalue weighted by atomic mass is 9.47. The Balaban J connectivity index is 1.51. The minimum absolute atomic E-state index is 0.0179. The van der Waals surface area contributed by atoms with E-state index in [0.29, 0.717) is 25.7 Å². The summed E-state index contributed by atoms with van der Waals surface area (Å²) in [5.74, 6) is 4.03. The number of allylic oxidation sites excluding steroid dienone is 3.